The summed E-state index contributed by atoms with van der Waals surface area (Å²) in [6, 6.07) is 7.29. The van der Waals surface area contributed by atoms with Gasteiger partial charge in [0.1, 0.15) is 5.75 Å². The highest BCUT2D eigenvalue weighted by Gasteiger charge is 2.38. The summed E-state index contributed by atoms with van der Waals surface area (Å²) in [4.78, 5) is 14.4. The van der Waals surface area contributed by atoms with Gasteiger partial charge in [-0.2, -0.15) is 0 Å². The fourth-order valence-electron chi connectivity index (χ4n) is 3.26. The van der Waals surface area contributed by atoms with Gasteiger partial charge in [-0.25, -0.2) is 13.1 Å². The van der Waals surface area contributed by atoms with Crippen LogP contribution in [0.25, 0.3) is 0 Å². The molecule has 1 heterocycles. The van der Waals surface area contributed by atoms with E-state index in [4.69, 9.17) is 4.74 Å². The monoisotopic (exact) mass is 368 g/mol. The van der Waals surface area contributed by atoms with Gasteiger partial charge in [0.15, 0.2) is 0 Å². The number of rotatable bonds is 7. The third kappa shape index (κ3) is 5.71. The van der Waals surface area contributed by atoms with Gasteiger partial charge in [0, 0.05) is 19.1 Å². The van der Waals surface area contributed by atoms with Crippen LogP contribution in [0.4, 0.5) is 0 Å². The van der Waals surface area contributed by atoms with Gasteiger partial charge in [0.05, 0.1) is 19.3 Å². The van der Waals surface area contributed by atoms with Gasteiger partial charge in [-0.15, -0.1) is 0 Å². The average molecular weight is 368 g/mol. The summed E-state index contributed by atoms with van der Waals surface area (Å²) in [5.41, 5.74) is 0.925. The van der Waals surface area contributed by atoms with E-state index in [-0.39, 0.29) is 17.9 Å². The Morgan fingerprint density at radius 3 is 2.44 bits per heavy atom. The molecule has 140 valence electrons. The summed E-state index contributed by atoms with van der Waals surface area (Å²) in [5, 5.41) is 0. The van der Waals surface area contributed by atoms with Crippen molar-refractivity contribution in [2.45, 2.75) is 33.2 Å². The number of carbonyl (C=O) groups is 1. The zero-order valence-corrected chi connectivity index (χ0v) is 16.2. The van der Waals surface area contributed by atoms with Crippen LogP contribution >= 0.6 is 0 Å². The molecule has 0 spiro atoms. The van der Waals surface area contributed by atoms with Crippen LogP contribution < -0.4 is 9.46 Å². The number of carbonyl (C=O) groups excluding carboxylic acids is 1. The van der Waals surface area contributed by atoms with Crippen LogP contribution in [0.1, 0.15) is 26.3 Å². The molecule has 0 unspecified atom stereocenters. The van der Waals surface area contributed by atoms with Crippen LogP contribution in [0, 0.1) is 11.8 Å². The van der Waals surface area contributed by atoms with Crippen molar-refractivity contribution in [2.24, 2.45) is 11.8 Å². The number of nitrogens with one attached hydrogen (secondary N) is 1. The van der Waals surface area contributed by atoms with Crippen molar-refractivity contribution < 1.29 is 17.9 Å². The summed E-state index contributed by atoms with van der Waals surface area (Å²) < 4.78 is 31.3. The molecule has 0 bridgehead atoms. The molecule has 25 heavy (non-hydrogen) atoms. The minimum absolute atomic E-state index is 0.0209. The Kier molecular flexibility index (Phi) is 6.46. The molecule has 1 fully saturated rings. The summed E-state index contributed by atoms with van der Waals surface area (Å²) >= 11 is 0. The topological polar surface area (TPSA) is 75.7 Å². The summed E-state index contributed by atoms with van der Waals surface area (Å²) in [5.74, 6) is 1.23. The first kappa shape index (κ1) is 19.7. The highest BCUT2D eigenvalue weighted by atomic mass is 32.2. The standard InChI is InChI=1S/C18H28N2O4S/c1-5-24-15-8-6-14(7-9-15)10-18(21)20-11-16(13(2)3)17(12-20)19-25(4,22)23/h6-9,13,16-17,19H,5,10-12H2,1-4H3/t16-,17+/m0/s1. The van der Waals surface area contributed by atoms with Crippen LogP contribution in [-0.2, 0) is 21.2 Å². The van der Waals surface area contributed by atoms with Gasteiger partial charge in [0.25, 0.3) is 0 Å². The fourth-order valence-corrected chi connectivity index (χ4v) is 4.06. The molecule has 0 aromatic heterocycles. The molecule has 1 aliphatic rings. The minimum Gasteiger partial charge on any atom is -0.494 e. The van der Waals surface area contributed by atoms with Crippen LogP contribution in [0.3, 0.4) is 0 Å². The molecule has 1 saturated heterocycles. The van der Waals surface area contributed by atoms with E-state index < -0.39 is 10.0 Å². The molecule has 2 rings (SSSR count). The van der Waals surface area contributed by atoms with Gasteiger partial charge in [-0.1, -0.05) is 26.0 Å². The highest BCUT2D eigenvalue weighted by Crippen LogP contribution is 2.25. The number of benzene rings is 1. The summed E-state index contributed by atoms with van der Waals surface area (Å²) in [6.45, 7) is 7.66. The zero-order valence-electron chi connectivity index (χ0n) is 15.4. The molecule has 1 aromatic rings. The molecule has 1 N–H and O–H groups in total. The Hall–Kier alpha value is -1.60. The van der Waals surface area contributed by atoms with Crippen molar-refractivity contribution in [3.63, 3.8) is 0 Å². The molecule has 0 saturated carbocycles. The smallest absolute Gasteiger partial charge is 0.227 e. The summed E-state index contributed by atoms with van der Waals surface area (Å²) in [7, 11) is -3.29. The lowest BCUT2D eigenvalue weighted by molar-refractivity contribution is -0.129. The lowest BCUT2D eigenvalue weighted by atomic mass is 9.92. The third-order valence-electron chi connectivity index (χ3n) is 4.53. The third-order valence-corrected chi connectivity index (χ3v) is 5.26. The van der Waals surface area contributed by atoms with Crippen LogP contribution in [-0.4, -0.2) is 51.2 Å². The number of hydrogen-bond donors (Lipinski definition) is 1. The molecular weight excluding hydrogens is 340 g/mol. The molecule has 7 heteroatoms. The Labute approximate surface area is 150 Å². The maximum absolute atomic E-state index is 12.6. The van der Waals surface area contributed by atoms with E-state index in [0.717, 1.165) is 17.6 Å². The Balaban J connectivity index is 2.01. The number of likely N-dealkylation sites (tertiary alicyclic amines) is 1. The molecule has 0 aliphatic carbocycles. The predicted octanol–water partition coefficient (Wildman–Crippen LogP) is 1.66. The molecule has 0 radical (unpaired) electrons. The van der Waals surface area contributed by atoms with Crippen molar-refractivity contribution >= 4 is 15.9 Å². The Morgan fingerprint density at radius 2 is 1.92 bits per heavy atom. The maximum atomic E-state index is 12.6. The minimum atomic E-state index is -3.29. The second-order valence-corrected chi connectivity index (χ2v) is 8.74. The average Bonchev–Trinajstić information content (AvgIpc) is 2.91. The lowest BCUT2D eigenvalue weighted by Gasteiger charge is -2.21. The highest BCUT2D eigenvalue weighted by molar-refractivity contribution is 7.88. The Morgan fingerprint density at radius 1 is 1.28 bits per heavy atom. The number of nitrogens with zero attached hydrogens (tertiary/aromatic N) is 1. The van der Waals surface area contributed by atoms with Crippen molar-refractivity contribution in [1.82, 2.24) is 9.62 Å². The normalized spacial score (nSPS) is 20.9. The van der Waals surface area contributed by atoms with Gasteiger partial charge >= 0.3 is 0 Å². The molecule has 1 aliphatic heterocycles. The van der Waals surface area contributed by atoms with E-state index in [1.807, 2.05) is 31.2 Å². The second-order valence-electron chi connectivity index (χ2n) is 6.96. The van der Waals surface area contributed by atoms with Crippen LogP contribution in [0.5, 0.6) is 5.75 Å². The first-order valence-corrected chi connectivity index (χ1v) is 10.6. The van der Waals surface area contributed by atoms with Crippen molar-refractivity contribution in [2.75, 3.05) is 26.0 Å². The van der Waals surface area contributed by atoms with E-state index >= 15 is 0 Å². The number of sulfonamides is 1. The first-order valence-electron chi connectivity index (χ1n) is 8.66. The van der Waals surface area contributed by atoms with Crippen molar-refractivity contribution in [3.05, 3.63) is 29.8 Å². The first-order chi connectivity index (χ1) is 11.7. The SMILES string of the molecule is CCOc1ccc(CC(=O)N2C[C@@H](NS(C)(=O)=O)[C@H](C(C)C)C2)cc1. The van der Waals surface area contributed by atoms with Gasteiger partial charge in [0.2, 0.25) is 15.9 Å². The molecule has 2 atom stereocenters. The molecule has 1 amide bonds. The van der Waals surface area contributed by atoms with Gasteiger partial charge < -0.3 is 9.64 Å². The quantitative estimate of drug-likeness (QED) is 0.794. The lowest BCUT2D eigenvalue weighted by Crippen LogP contribution is -2.41. The van der Waals surface area contributed by atoms with E-state index in [1.165, 1.54) is 0 Å². The largest absolute Gasteiger partial charge is 0.494 e. The van der Waals surface area contributed by atoms with Crippen molar-refractivity contribution in [1.29, 1.82) is 0 Å². The predicted molar refractivity (Wildman–Crippen MR) is 98.0 cm³/mol. The zero-order chi connectivity index (χ0) is 18.6. The van der Waals surface area contributed by atoms with Crippen LogP contribution in [0.15, 0.2) is 24.3 Å². The van der Waals surface area contributed by atoms with Crippen molar-refractivity contribution in [3.8, 4) is 5.75 Å². The number of hydrogen-bond acceptors (Lipinski definition) is 4. The van der Waals surface area contributed by atoms with Gasteiger partial charge in [-0.05, 0) is 36.5 Å². The van der Waals surface area contributed by atoms with E-state index in [0.29, 0.717) is 32.0 Å². The van der Waals surface area contributed by atoms with E-state index in [1.54, 1.807) is 4.90 Å². The fraction of sp³-hybridized carbons (Fsp3) is 0.611. The van der Waals surface area contributed by atoms with Gasteiger partial charge in [-0.3, -0.25) is 4.79 Å². The molecular formula is C18H28N2O4S. The molecule has 6 nitrogen and oxygen atoms in total. The van der Waals surface area contributed by atoms with E-state index in [2.05, 4.69) is 18.6 Å². The number of amides is 1. The maximum Gasteiger partial charge on any atom is 0.227 e. The van der Waals surface area contributed by atoms with E-state index in [9.17, 15) is 13.2 Å². The van der Waals surface area contributed by atoms with Crippen LogP contribution in [0.2, 0.25) is 0 Å². The number of ether oxygens (including phenoxy) is 1. The Bertz CT molecular complexity index is 686. The molecule has 1 aromatic carbocycles. The summed E-state index contributed by atoms with van der Waals surface area (Å²) in [6.07, 6.45) is 1.47. The second kappa shape index (κ2) is 8.19.